The lowest BCUT2D eigenvalue weighted by Crippen LogP contribution is -1.82. The highest BCUT2D eigenvalue weighted by atomic mass is 16.3. The van der Waals surface area contributed by atoms with Crippen LogP contribution in [0.4, 0.5) is 0 Å². The summed E-state index contributed by atoms with van der Waals surface area (Å²) in [5.41, 5.74) is 6.48. The van der Waals surface area contributed by atoms with Crippen LogP contribution in [0, 0.1) is 41.5 Å². The maximum absolute atomic E-state index is 9.28. The van der Waals surface area contributed by atoms with Crippen LogP contribution in [0.1, 0.15) is 33.4 Å². The smallest absolute Gasteiger partial charge is 0.119 e. The van der Waals surface area contributed by atoms with Crippen LogP contribution in [0.15, 0.2) is 24.3 Å². The molecule has 0 aliphatic heterocycles. The molecule has 2 nitrogen and oxygen atoms in total. The zero-order chi connectivity index (χ0) is 15.4. The molecule has 0 heterocycles. The van der Waals surface area contributed by atoms with Gasteiger partial charge in [0.25, 0.3) is 0 Å². The molecule has 0 unspecified atom stereocenters. The van der Waals surface area contributed by atoms with Crippen molar-refractivity contribution < 1.29 is 10.2 Å². The molecular formula is C18H24O2. The Hall–Kier alpha value is -1.96. The van der Waals surface area contributed by atoms with Crippen LogP contribution in [0.5, 0.6) is 11.5 Å². The largest absolute Gasteiger partial charge is 0.508 e. The van der Waals surface area contributed by atoms with E-state index >= 15 is 0 Å². The van der Waals surface area contributed by atoms with E-state index in [1.807, 2.05) is 41.5 Å². The molecule has 0 aliphatic rings. The average molecular weight is 272 g/mol. The summed E-state index contributed by atoms with van der Waals surface area (Å²) >= 11 is 0. The maximum atomic E-state index is 9.28. The van der Waals surface area contributed by atoms with Gasteiger partial charge in [-0.1, -0.05) is 12.1 Å². The number of phenolic OH excluding ortho intramolecular Hbond substituents is 2. The Bertz CT molecular complexity index is 511. The van der Waals surface area contributed by atoms with E-state index in [0.29, 0.717) is 11.5 Å². The minimum absolute atomic E-state index is 0.400. The van der Waals surface area contributed by atoms with Gasteiger partial charge in [0.05, 0.1) is 0 Å². The quantitative estimate of drug-likeness (QED) is 0.733. The summed E-state index contributed by atoms with van der Waals surface area (Å²) in [7, 11) is 0. The van der Waals surface area contributed by atoms with E-state index in [4.69, 9.17) is 0 Å². The van der Waals surface area contributed by atoms with E-state index in [-0.39, 0.29) is 0 Å². The van der Waals surface area contributed by atoms with Crippen molar-refractivity contribution in [1.82, 2.24) is 0 Å². The van der Waals surface area contributed by atoms with E-state index in [2.05, 4.69) is 12.1 Å². The molecule has 20 heavy (non-hydrogen) atoms. The van der Waals surface area contributed by atoms with Gasteiger partial charge < -0.3 is 10.2 Å². The number of aromatic hydroxyl groups is 2. The lowest BCUT2D eigenvalue weighted by atomic mass is 10.1. The standard InChI is InChI=1S/2C9H12O/c2*1-6-4-7(2)8(3)9(10)5-6/h2*4-5,10H,1-3H3. The highest BCUT2D eigenvalue weighted by molar-refractivity contribution is 5.41. The van der Waals surface area contributed by atoms with Crippen LogP contribution in [-0.4, -0.2) is 10.2 Å². The van der Waals surface area contributed by atoms with Gasteiger partial charge >= 0.3 is 0 Å². The third kappa shape index (κ3) is 4.02. The Labute approximate surface area is 121 Å². The molecule has 0 aliphatic carbocycles. The maximum Gasteiger partial charge on any atom is 0.119 e. The SMILES string of the molecule is Cc1cc(C)c(C)c(O)c1.Cc1cc(C)c(C)c(O)c1. The highest BCUT2D eigenvalue weighted by Gasteiger charge is 1.99. The second-order valence-corrected chi connectivity index (χ2v) is 5.45. The fourth-order valence-corrected chi connectivity index (χ4v) is 2.03. The summed E-state index contributed by atoms with van der Waals surface area (Å²) in [6.45, 7) is 11.8. The fourth-order valence-electron chi connectivity index (χ4n) is 2.03. The Morgan fingerprint density at radius 1 is 0.550 bits per heavy atom. The minimum atomic E-state index is 0.400. The molecule has 0 saturated heterocycles. The van der Waals surface area contributed by atoms with Gasteiger partial charge in [0, 0.05) is 0 Å². The van der Waals surface area contributed by atoms with Crippen LogP contribution in [-0.2, 0) is 0 Å². The molecule has 2 heteroatoms. The number of phenols is 2. The summed E-state index contributed by atoms with van der Waals surface area (Å²) < 4.78 is 0. The van der Waals surface area contributed by atoms with E-state index in [1.165, 1.54) is 0 Å². The van der Waals surface area contributed by atoms with Crippen LogP contribution < -0.4 is 0 Å². The van der Waals surface area contributed by atoms with Gasteiger partial charge in [-0.2, -0.15) is 0 Å². The molecule has 0 spiro atoms. The molecule has 0 amide bonds. The first kappa shape index (κ1) is 16.1. The monoisotopic (exact) mass is 272 g/mol. The zero-order valence-electron chi connectivity index (χ0n) is 13.2. The third-order valence-electron chi connectivity index (χ3n) is 3.57. The predicted molar refractivity (Wildman–Crippen MR) is 84.6 cm³/mol. The lowest BCUT2D eigenvalue weighted by molar-refractivity contribution is 0.469. The molecule has 0 saturated carbocycles. The van der Waals surface area contributed by atoms with Gasteiger partial charge in [0.1, 0.15) is 11.5 Å². The van der Waals surface area contributed by atoms with Gasteiger partial charge in [0.2, 0.25) is 0 Å². The average Bonchev–Trinajstić information content (AvgIpc) is 2.33. The van der Waals surface area contributed by atoms with Crippen molar-refractivity contribution >= 4 is 0 Å². The van der Waals surface area contributed by atoms with Crippen molar-refractivity contribution in [2.75, 3.05) is 0 Å². The molecule has 2 aromatic rings. The predicted octanol–water partition coefficient (Wildman–Crippen LogP) is 4.63. The fraction of sp³-hybridized carbons (Fsp3) is 0.333. The van der Waals surface area contributed by atoms with Crippen LogP contribution in [0.3, 0.4) is 0 Å². The molecule has 0 atom stereocenters. The van der Waals surface area contributed by atoms with Gasteiger partial charge in [-0.25, -0.2) is 0 Å². The van der Waals surface area contributed by atoms with Crippen molar-refractivity contribution in [1.29, 1.82) is 0 Å². The second kappa shape index (κ2) is 6.47. The third-order valence-corrected chi connectivity index (χ3v) is 3.57. The second-order valence-electron chi connectivity index (χ2n) is 5.45. The first-order valence-corrected chi connectivity index (χ1v) is 6.76. The first-order valence-electron chi connectivity index (χ1n) is 6.76. The van der Waals surface area contributed by atoms with Gasteiger partial charge in [-0.3, -0.25) is 0 Å². The van der Waals surface area contributed by atoms with E-state index < -0.39 is 0 Å². The van der Waals surface area contributed by atoms with Crippen LogP contribution in [0.25, 0.3) is 0 Å². The summed E-state index contributed by atoms with van der Waals surface area (Å²) in [5, 5.41) is 18.6. The topological polar surface area (TPSA) is 40.5 Å². The Morgan fingerprint density at radius 3 is 1.10 bits per heavy atom. The first-order chi connectivity index (χ1) is 9.22. The molecule has 0 bridgehead atoms. The molecular weight excluding hydrogens is 248 g/mol. The number of hydrogen-bond acceptors (Lipinski definition) is 2. The number of hydrogen-bond donors (Lipinski definition) is 2. The molecule has 0 fully saturated rings. The minimum Gasteiger partial charge on any atom is -0.508 e. The van der Waals surface area contributed by atoms with Crippen molar-refractivity contribution in [3.63, 3.8) is 0 Å². The van der Waals surface area contributed by atoms with E-state index in [1.54, 1.807) is 12.1 Å². The Morgan fingerprint density at radius 2 is 0.850 bits per heavy atom. The van der Waals surface area contributed by atoms with Crippen molar-refractivity contribution in [3.8, 4) is 11.5 Å². The molecule has 0 radical (unpaired) electrons. The summed E-state index contributed by atoms with van der Waals surface area (Å²) in [6, 6.07) is 7.69. The van der Waals surface area contributed by atoms with Gasteiger partial charge in [-0.05, 0) is 87.1 Å². The van der Waals surface area contributed by atoms with Crippen molar-refractivity contribution in [3.05, 3.63) is 57.6 Å². The summed E-state index contributed by atoms with van der Waals surface area (Å²) in [4.78, 5) is 0. The lowest BCUT2D eigenvalue weighted by Gasteiger charge is -2.03. The van der Waals surface area contributed by atoms with Crippen LogP contribution in [0.2, 0.25) is 0 Å². The Balaban J connectivity index is 0.000000200. The molecule has 0 aromatic heterocycles. The van der Waals surface area contributed by atoms with Crippen LogP contribution >= 0.6 is 0 Å². The van der Waals surface area contributed by atoms with Gasteiger partial charge in [-0.15, -0.1) is 0 Å². The van der Waals surface area contributed by atoms with E-state index in [0.717, 1.165) is 33.4 Å². The summed E-state index contributed by atoms with van der Waals surface area (Å²) in [6.07, 6.45) is 0. The van der Waals surface area contributed by atoms with E-state index in [9.17, 15) is 10.2 Å². The van der Waals surface area contributed by atoms with Crippen molar-refractivity contribution in [2.24, 2.45) is 0 Å². The highest BCUT2D eigenvalue weighted by Crippen LogP contribution is 2.21. The molecule has 2 rings (SSSR count). The summed E-state index contributed by atoms with van der Waals surface area (Å²) in [5.74, 6) is 0.801. The normalized spacial score (nSPS) is 9.90. The number of benzene rings is 2. The van der Waals surface area contributed by atoms with Crippen molar-refractivity contribution in [2.45, 2.75) is 41.5 Å². The molecule has 108 valence electrons. The zero-order valence-corrected chi connectivity index (χ0v) is 13.2. The van der Waals surface area contributed by atoms with Gasteiger partial charge in [0.15, 0.2) is 0 Å². The Kier molecular flexibility index (Phi) is 5.20. The molecule has 2 aromatic carbocycles. The molecule has 2 N–H and O–H groups in total. The number of rotatable bonds is 0. The number of aryl methyl sites for hydroxylation is 4.